The van der Waals surface area contributed by atoms with Crippen LogP contribution in [0.1, 0.15) is 5.56 Å². The topological polar surface area (TPSA) is 76.3 Å². The lowest BCUT2D eigenvalue weighted by molar-refractivity contribution is -0.137. The highest BCUT2D eigenvalue weighted by molar-refractivity contribution is 5.78. The average Bonchev–Trinajstić information content (AvgIpc) is 3.31. The fraction of sp³-hybridized carbons (Fsp3) is 0.250. The van der Waals surface area contributed by atoms with Crippen molar-refractivity contribution in [3.8, 4) is 5.69 Å². The fourth-order valence-corrected chi connectivity index (χ4v) is 4.16. The number of para-hydroxylation sites is 1. The molecule has 180 valence electrons. The van der Waals surface area contributed by atoms with Crippen LogP contribution in [-0.2, 0) is 17.5 Å². The Balaban J connectivity index is 1.32. The van der Waals surface area contributed by atoms with Gasteiger partial charge in [-0.1, -0.05) is 24.3 Å². The molecule has 0 radical (unpaired) electrons. The van der Waals surface area contributed by atoms with Gasteiger partial charge in [-0.05, 0) is 30.3 Å². The number of hydrogen-bond acceptors (Lipinski definition) is 5. The highest BCUT2D eigenvalue weighted by atomic mass is 19.4. The third kappa shape index (κ3) is 4.48. The number of fused-ring (bicyclic) bond motifs is 1. The van der Waals surface area contributed by atoms with Gasteiger partial charge >= 0.3 is 6.18 Å². The van der Waals surface area contributed by atoms with E-state index in [0.29, 0.717) is 26.2 Å². The molecule has 0 saturated carbocycles. The Bertz CT molecular complexity index is 1420. The quantitative estimate of drug-likeness (QED) is 0.447. The van der Waals surface area contributed by atoms with Gasteiger partial charge in [0.15, 0.2) is 5.65 Å². The number of halogens is 3. The molecule has 8 nitrogen and oxygen atoms in total. The lowest BCUT2D eigenvalue weighted by Crippen LogP contribution is -2.50. The maximum Gasteiger partial charge on any atom is 0.416 e. The van der Waals surface area contributed by atoms with Crippen LogP contribution in [0.2, 0.25) is 0 Å². The minimum absolute atomic E-state index is 0.117. The van der Waals surface area contributed by atoms with Gasteiger partial charge in [0.2, 0.25) is 5.91 Å². The van der Waals surface area contributed by atoms with Gasteiger partial charge in [0.25, 0.3) is 5.56 Å². The zero-order valence-corrected chi connectivity index (χ0v) is 18.5. The van der Waals surface area contributed by atoms with Gasteiger partial charge in [0, 0.05) is 31.9 Å². The van der Waals surface area contributed by atoms with Crippen molar-refractivity contribution in [3.05, 3.63) is 83.0 Å². The standard InChI is InChI=1S/C24H21F3N6O2/c25-24(26,27)17-5-4-8-19(13-17)33-22-20(14-29-33)23(35)32(16-28-22)15-21(34)31-11-9-30(10-12-31)18-6-2-1-3-7-18/h1-8,13-14,16H,9-12,15H2. The van der Waals surface area contributed by atoms with Crippen molar-refractivity contribution in [2.24, 2.45) is 0 Å². The number of carbonyl (C=O) groups excluding carboxylic acids is 1. The Morgan fingerprint density at radius 3 is 2.37 bits per heavy atom. The summed E-state index contributed by atoms with van der Waals surface area (Å²) in [6.07, 6.45) is -2.02. The van der Waals surface area contributed by atoms with Crippen molar-refractivity contribution < 1.29 is 18.0 Å². The summed E-state index contributed by atoms with van der Waals surface area (Å²) in [6, 6.07) is 14.6. The van der Waals surface area contributed by atoms with Crippen LogP contribution in [0.15, 0.2) is 71.9 Å². The van der Waals surface area contributed by atoms with Crippen LogP contribution >= 0.6 is 0 Å². The van der Waals surface area contributed by atoms with E-state index in [0.717, 1.165) is 17.8 Å². The highest BCUT2D eigenvalue weighted by Crippen LogP contribution is 2.30. The molecule has 1 fully saturated rings. The van der Waals surface area contributed by atoms with E-state index >= 15 is 0 Å². The third-order valence-electron chi connectivity index (χ3n) is 6.03. The molecule has 5 rings (SSSR count). The number of nitrogens with zero attached hydrogens (tertiary/aromatic N) is 6. The van der Waals surface area contributed by atoms with Gasteiger partial charge in [0.1, 0.15) is 18.3 Å². The molecule has 1 amide bonds. The number of benzene rings is 2. The van der Waals surface area contributed by atoms with Crippen molar-refractivity contribution in [3.63, 3.8) is 0 Å². The molecule has 4 aromatic rings. The van der Waals surface area contributed by atoms with Crippen LogP contribution < -0.4 is 10.5 Å². The summed E-state index contributed by atoms with van der Waals surface area (Å²) in [6.45, 7) is 2.26. The predicted molar refractivity (Wildman–Crippen MR) is 123 cm³/mol. The number of amides is 1. The van der Waals surface area contributed by atoms with Gasteiger partial charge in [-0.25, -0.2) is 9.67 Å². The van der Waals surface area contributed by atoms with Crippen LogP contribution in [0.25, 0.3) is 16.7 Å². The van der Waals surface area contributed by atoms with Crippen LogP contribution in [-0.4, -0.2) is 56.3 Å². The molecule has 0 aliphatic carbocycles. The Labute approximate surface area is 197 Å². The first-order chi connectivity index (χ1) is 16.8. The zero-order valence-electron chi connectivity index (χ0n) is 18.5. The lowest BCUT2D eigenvalue weighted by atomic mass is 10.2. The van der Waals surface area contributed by atoms with Crippen LogP contribution in [0, 0.1) is 0 Å². The first-order valence-electron chi connectivity index (χ1n) is 11.0. The molecule has 35 heavy (non-hydrogen) atoms. The maximum atomic E-state index is 13.1. The Morgan fingerprint density at radius 2 is 1.66 bits per heavy atom. The zero-order chi connectivity index (χ0) is 24.6. The van der Waals surface area contributed by atoms with E-state index in [1.54, 1.807) is 4.90 Å². The first-order valence-corrected chi connectivity index (χ1v) is 11.0. The molecule has 0 atom stereocenters. The number of alkyl halides is 3. The molecule has 3 heterocycles. The van der Waals surface area contributed by atoms with Gasteiger partial charge in [-0.3, -0.25) is 14.2 Å². The molecular formula is C24H21F3N6O2. The molecule has 0 unspecified atom stereocenters. The largest absolute Gasteiger partial charge is 0.416 e. The molecule has 0 bridgehead atoms. The number of rotatable bonds is 4. The highest BCUT2D eigenvalue weighted by Gasteiger charge is 2.31. The minimum atomic E-state index is -4.51. The monoisotopic (exact) mass is 482 g/mol. The summed E-state index contributed by atoms with van der Waals surface area (Å²) < 4.78 is 41.6. The fourth-order valence-electron chi connectivity index (χ4n) is 4.16. The Kier molecular flexibility index (Phi) is 5.75. The molecule has 1 saturated heterocycles. The number of anilines is 1. The van der Waals surface area contributed by atoms with Crippen molar-refractivity contribution in [2.45, 2.75) is 12.7 Å². The van der Waals surface area contributed by atoms with Crippen LogP contribution in [0.4, 0.5) is 18.9 Å². The normalized spacial score (nSPS) is 14.5. The number of piperazine rings is 1. The summed E-state index contributed by atoms with van der Waals surface area (Å²) in [5.74, 6) is -0.203. The molecule has 11 heteroatoms. The predicted octanol–water partition coefficient (Wildman–Crippen LogP) is 2.95. The summed E-state index contributed by atoms with van der Waals surface area (Å²) >= 11 is 0. The van der Waals surface area contributed by atoms with E-state index in [2.05, 4.69) is 15.0 Å². The maximum absolute atomic E-state index is 13.1. The number of carbonyl (C=O) groups is 1. The Morgan fingerprint density at radius 1 is 0.943 bits per heavy atom. The molecular weight excluding hydrogens is 461 g/mol. The minimum Gasteiger partial charge on any atom is -0.368 e. The molecule has 2 aromatic carbocycles. The molecule has 0 spiro atoms. The van der Waals surface area contributed by atoms with Gasteiger partial charge in [-0.2, -0.15) is 18.3 Å². The molecule has 2 aromatic heterocycles. The average molecular weight is 482 g/mol. The van der Waals surface area contributed by atoms with E-state index in [1.165, 1.54) is 33.9 Å². The molecule has 1 aliphatic heterocycles. The van der Waals surface area contributed by atoms with E-state index < -0.39 is 17.3 Å². The first kappa shape index (κ1) is 22.6. The second-order valence-electron chi connectivity index (χ2n) is 8.22. The van der Waals surface area contributed by atoms with E-state index in [4.69, 9.17) is 0 Å². The van der Waals surface area contributed by atoms with Crippen molar-refractivity contribution in [2.75, 3.05) is 31.1 Å². The number of aromatic nitrogens is 4. The molecule has 0 N–H and O–H groups in total. The summed E-state index contributed by atoms with van der Waals surface area (Å²) in [5, 5.41) is 4.19. The van der Waals surface area contributed by atoms with Crippen molar-refractivity contribution >= 4 is 22.6 Å². The molecule has 1 aliphatic rings. The smallest absolute Gasteiger partial charge is 0.368 e. The van der Waals surface area contributed by atoms with E-state index in [-0.39, 0.29) is 29.2 Å². The number of hydrogen-bond donors (Lipinski definition) is 0. The summed E-state index contributed by atoms with van der Waals surface area (Å²) in [7, 11) is 0. The third-order valence-corrected chi connectivity index (χ3v) is 6.03. The van der Waals surface area contributed by atoms with E-state index in [9.17, 15) is 22.8 Å². The van der Waals surface area contributed by atoms with Crippen LogP contribution in [0.5, 0.6) is 0 Å². The summed E-state index contributed by atoms with van der Waals surface area (Å²) in [5.41, 5.74) is 0.0408. The van der Waals surface area contributed by atoms with E-state index in [1.807, 2.05) is 30.3 Å². The second kappa shape index (κ2) is 8.90. The van der Waals surface area contributed by atoms with Crippen LogP contribution in [0.3, 0.4) is 0 Å². The van der Waals surface area contributed by atoms with Crippen molar-refractivity contribution in [1.82, 2.24) is 24.2 Å². The van der Waals surface area contributed by atoms with Gasteiger partial charge in [0.05, 0.1) is 17.4 Å². The van der Waals surface area contributed by atoms with Crippen molar-refractivity contribution in [1.29, 1.82) is 0 Å². The Hall–Kier alpha value is -4.15. The van der Waals surface area contributed by atoms with Gasteiger partial charge in [-0.15, -0.1) is 0 Å². The summed E-state index contributed by atoms with van der Waals surface area (Å²) in [4.78, 5) is 33.9. The lowest BCUT2D eigenvalue weighted by Gasteiger charge is -2.36. The second-order valence-corrected chi connectivity index (χ2v) is 8.22. The van der Waals surface area contributed by atoms with Gasteiger partial charge < -0.3 is 9.80 Å². The SMILES string of the molecule is O=C(Cn1cnc2c(cnn2-c2cccc(C(F)(F)F)c2)c1=O)N1CCN(c2ccccc2)CC1.